The van der Waals surface area contributed by atoms with Crippen LogP contribution in [0.2, 0.25) is 0 Å². The number of carbonyl (C=O) groups is 4. The molecule has 0 saturated heterocycles. The molecule has 2 N–H and O–H groups in total. The molecule has 0 atom stereocenters. The summed E-state index contributed by atoms with van der Waals surface area (Å²) in [7, 11) is 0. The number of nitrogens with one attached hydrogen (secondary N) is 2. The van der Waals surface area contributed by atoms with Crippen molar-refractivity contribution in [3.63, 3.8) is 0 Å². The minimum Gasteiger partial charge on any atom is -0.465 e. The van der Waals surface area contributed by atoms with Crippen LogP contribution >= 0.6 is 0 Å². The quantitative estimate of drug-likeness (QED) is 0.145. The van der Waals surface area contributed by atoms with Crippen molar-refractivity contribution >= 4 is 35.1 Å². The van der Waals surface area contributed by atoms with Crippen molar-refractivity contribution in [3.05, 3.63) is 131 Å². The first-order chi connectivity index (χ1) is 21.9. The van der Waals surface area contributed by atoms with E-state index >= 15 is 0 Å². The second-order valence-electron chi connectivity index (χ2n) is 10.6. The van der Waals surface area contributed by atoms with Crippen molar-refractivity contribution in [2.45, 2.75) is 44.9 Å². The number of rotatable bonds is 16. The minimum absolute atomic E-state index is 0.0247. The van der Waals surface area contributed by atoms with Crippen molar-refractivity contribution in [2.75, 3.05) is 23.8 Å². The molecule has 0 aliphatic carbocycles. The number of esters is 2. The molecule has 0 heterocycles. The van der Waals surface area contributed by atoms with Gasteiger partial charge in [0.25, 0.3) is 0 Å². The van der Waals surface area contributed by atoms with Crippen molar-refractivity contribution in [3.8, 4) is 0 Å². The number of hydrogen-bond acceptors (Lipinski definition) is 6. The fourth-order valence-corrected chi connectivity index (χ4v) is 4.52. The van der Waals surface area contributed by atoms with Gasteiger partial charge < -0.3 is 20.1 Å². The van der Waals surface area contributed by atoms with Crippen LogP contribution in [0.25, 0.3) is 0 Å². The van der Waals surface area contributed by atoms with Gasteiger partial charge in [0.2, 0.25) is 11.8 Å². The van der Waals surface area contributed by atoms with Gasteiger partial charge in [-0.2, -0.15) is 0 Å². The van der Waals surface area contributed by atoms with Crippen LogP contribution in [0, 0.1) is 0 Å². The lowest BCUT2D eigenvalue weighted by Crippen LogP contribution is -2.15. The molecule has 0 saturated carbocycles. The maximum absolute atomic E-state index is 12.3. The minimum atomic E-state index is -0.392. The van der Waals surface area contributed by atoms with E-state index in [2.05, 4.69) is 10.6 Å². The smallest absolute Gasteiger partial charge is 0.306 e. The Bertz CT molecular complexity index is 1400. The molecule has 232 valence electrons. The van der Waals surface area contributed by atoms with Gasteiger partial charge in [0.1, 0.15) is 0 Å². The van der Waals surface area contributed by atoms with Crippen molar-refractivity contribution < 1.29 is 28.7 Å². The Morgan fingerprint density at radius 3 is 1.20 bits per heavy atom. The average molecular weight is 607 g/mol. The van der Waals surface area contributed by atoms with Crippen LogP contribution in [-0.2, 0) is 47.9 Å². The van der Waals surface area contributed by atoms with Crippen molar-refractivity contribution in [2.24, 2.45) is 0 Å². The summed E-state index contributed by atoms with van der Waals surface area (Å²) in [5.74, 6) is -1.28. The molecular weight excluding hydrogens is 568 g/mol. The average Bonchev–Trinajstić information content (AvgIpc) is 3.06. The van der Waals surface area contributed by atoms with E-state index in [1.54, 1.807) is 0 Å². The zero-order valence-corrected chi connectivity index (χ0v) is 25.2. The Labute approximate surface area is 263 Å². The van der Waals surface area contributed by atoms with E-state index in [1.807, 2.05) is 109 Å². The molecule has 4 rings (SSSR count). The van der Waals surface area contributed by atoms with Gasteiger partial charge in [-0.05, 0) is 52.9 Å². The van der Waals surface area contributed by atoms with Gasteiger partial charge in [-0.1, -0.05) is 84.9 Å². The summed E-state index contributed by atoms with van der Waals surface area (Å²) < 4.78 is 10.5. The molecule has 0 aromatic heterocycles. The molecule has 45 heavy (non-hydrogen) atoms. The largest absolute Gasteiger partial charge is 0.465 e. The Kier molecular flexibility index (Phi) is 12.9. The van der Waals surface area contributed by atoms with Gasteiger partial charge in [0.05, 0.1) is 26.1 Å². The number of hydrogen-bond donors (Lipinski definition) is 2. The van der Waals surface area contributed by atoms with Crippen LogP contribution < -0.4 is 10.6 Å². The maximum atomic E-state index is 12.3. The predicted molar refractivity (Wildman–Crippen MR) is 174 cm³/mol. The number of benzene rings is 4. The zero-order chi connectivity index (χ0) is 31.7. The van der Waals surface area contributed by atoms with Crippen LogP contribution in [0.1, 0.15) is 47.9 Å². The summed E-state index contributed by atoms with van der Waals surface area (Å²) >= 11 is 0. The normalized spacial score (nSPS) is 10.5. The summed E-state index contributed by atoms with van der Waals surface area (Å²) in [4.78, 5) is 48.5. The van der Waals surface area contributed by atoms with E-state index in [1.165, 1.54) is 0 Å². The Hall–Kier alpha value is -5.24. The molecule has 8 nitrogen and oxygen atoms in total. The van der Waals surface area contributed by atoms with Crippen LogP contribution in [0.3, 0.4) is 0 Å². The number of ether oxygens (including phenoxy) is 2. The summed E-state index contributed by atoms with van der Waals surface area (Å²) in [6, 6.07) is 34.6. The van der Waals surface area contributed by atoms with E-state index in [-0.39, 0.29) is 50.7 Å². The summed E-state index contributed by atoms with van der Waals surface area (Å²) in [5, 5.41) is 5.63. The van der Waals surface area contributed by atoms with E-state index < -0.39 is 11.9 Å². The lowest BCUT2D eigenvalue weighted by Gasteiger charge is -2.09. The van der Waals surface area contributed by atoms with Crippen LogP contribution in [-0.4, -0.2) is 37.0 Å². The van der Waals surface area contributed by atoms with Crippen molar-refractivity contribution in [1.29, 1.82) is 0 Å². The van der Waals surface area contributed by atoms with E-state index in [4.69, 9.17) is 9.47 Å². The summed E-state index contributed by atoms with van der Waals surface area (Å²) in [6.45, 7) is 0.578. The van der Waals surface area contributed by atoms with E-state index in [0.717, 1.165) is 22.3 Å². The standard InChI is InChI=1S/C37H38N2O6/c40-34(19-21-36(42)44-25-23-28-7-3-1-4-8-28)38-32-15-11-30(12-16-32)27-31-13-17-33(18-14-31)39-35(41)20-22-37(43)45-26-24-29-9-5-2-6-10-29/h1-18H,19-27H2,(H,38,40)(H,39,41). The fraction of sp³-hybridized carbons (Fsp3) is 0.243. The second kappa shape index (κ2) is 17.8. The first-order valence-electron chi connectivity index (χ1n) is 15.1. The Morgan fingerprint density at radius 2 is 0.822 bits per heavy atom. The Balaban J connectivity index is 1.10. The highest BCUT2D eigenvalue weighted by molar-refractivity contribution is 5.93. The third-order valence-electron chi connectivity index (χ3n) is 6.99. The molecule has 0 bridgehead atoms. The van der Waals surface area contributed by atoms with Gasteiger partial charge >= 0.3 is 11.9 Å². The molecule has 0 spiro atoms. The maximum Gasteiger partial charge on any atom is 0.306 e. The van der Waals surface area contributed by atoms with Gasteiger partial charge in [0, 0.05) is 37.1 Å². The molecule has 4 aromatic carbocycles. The van der Waals surface area contributed by atoms with Crippen molar-refractivity contribution in [1.82, 2.24) is 0 Å². The SMILES string of the molecule is O=C(CCC(=O)OCCc1ccccc1)Nc1ccc(Cc2ccc(NC(=O)CCC(=O)OCCc3ccccc3)cc2)cc1. The molecule has 0 aliphatic heterocycles. The first-order valence-corrected chi connectivity index (χ1v) is 15.1. The molecule has 0 aliphatic rings. The topological polar surface area (TPSA) is 111 Å². The molecule has 4 aromatic rings. The van der Waals surface area contributed by atoms with Gasteiger partial charge in [-0.15, -0.1) is 0 Å². The molecule has 8 heteroatoms. The fourth-order valence-electron chi connectivity index (χ4n) is 4.52. The number of carbonyl (C=O) groups excluding carboxylic acids is 4. The van der Waals surface area contributed by atoms with Crippen LogP contribution in [0.5, 0.6) is 0 Å². The highest BCUT2D eigenvalue weighted by Gasteiger charge is 2.10. The lowest BCUT2D eigenvalue weighted by molar-refractivity contribution is -0.145. The monoisotopic (exact) mass is 606 g/mol. The van der Waals surface area contributed by atoms with Gasteiger partial charge in [0.15, 0.2) is 0 Å². The van der Waals surface area contributed by atoms with Crippen LogP contribution in [0.15, 0.2) is 109 Å². The first kappa shape index (κ1) is 32.7. The predicted octanol–water partition coefficient (Wildman–Crippen LogP) is 6.29. The second-order valence-corrected chi connectivity index (χ2v) is 10.6. The third kappa shape index (κ3) is 12.5. The highest BCUT2D eigenvalue weighted by Crippen LogP contribution is 2.17. The van der Waals surface area contributed by atoms with E-state index in [0.29, 0.717) is 30.6 Å². The molecule has 0 unspecified atom stereocenters. The van der Waals surface area contributed by atoms with Crippen LogP contribution in [0.4, 0.5) is 11.4 Å². The molecule has 2 amide bonds. The summed E-state index contributed by atoms with van der Waals surface area (Å²) in [6.07, 6.45) is 2.10. The molecule has 0 fully saturated rings. The molecule has 0 radical (unpaired) electrons. The number of amides is 2. The Morgan fingerprint density at radius 1 is 0.444 bits per heavy atom. The third-order valence-corrected chi connectivity index (χ3v) is 6.99. The van der Waals surface area contributed by atoms with E-state index in [9.17, 15) is 19.2 Å². The highest BCUT2D eigenvalue weighted by atomic mass is 16.5. The van der Waals surface area contributed by atoms with Gasteiger partial charge in [-0.25, -0.2) is 0 Å². The zero-order valence-electron chi connectivity index (χ0n) is 25.2. The lowest BCUT2D eigenvalue weighted by atomic mass is 10.0. The number of anilines is 2. The van der Waals surface area contributed by atoms with Gasteiger partial charge in [-0.3, -0.25) is 19.2 Å². The summed E-state index contributed by atoms with van der Waals surface area (Å²) in [5.41, 5.74) is 5.60. The molecular formula is C37H38N2O6.